The Kier molecular flexibility index (Phi) is 5.30. The standard InChI is InChI=1S/C16H32N4/c1-5-17-15(19-16(2,3)4)18-10-11-20(14-8-9-14)12-13-6-7-13/h13-14H,5-12H2,1-4H3,(H2,17,18,19). The summed E-state index contributed by atoms with van der Waals surface area (Å²) in [4.78, 5) is 7.40. The van der Waals surface area contributed by atoms with Crippen molar-refractivity contribution in [2.75, 3.05) is 26.2 Å². The first kappa shape index (κ1) is 15.6. The monoisotopic (exact) mass is 280 g/mol. The zero-order valence-corrected chi connectivity index (χ0v) is 13.7. The summed E-state index contributed by atoms with van der Waals surface area (Å²) in [5.41, 5.74) is 0.0607. The Morgan fingerprint density at radius 2 is 1.90 bits per heavy atom. The Morgan fingerprint density at radius 1 is 1.20 bits per heavy atom. The second-order valence-corrected chi connectivity index (χ2v) is 7.31. The van der Waals surface area contributed by atoms with Gasteiger partial charge in [-0.25, -0.2) is 0 Å². The minimum Gasteiger partial charge on any atom is -0.357 e. The minimum atomic E-state index is 0.0607. The van der Waals surface area contributed by atoms with Crippen LogP contribution < -0.4 is 10.6 Å². The van der Waals surface area contributed by atoms with E-state index in [1.165, 1.54) is 32.2 Å². The van der Waals surface area contributed by atoms with Gasteiger partial charge in [0.15, 0.2) is 5.96 Å². The quantitative estimate of drug-likeness (QED) is 0.555. The average molecular weight is 280 g/mol. The summed E-state index contributed by atoms with van der Waals surface area (Å²) < 4.78 is 0. The summed E-state index contributed by atoms with van der Waals surface area (Å²) >= 11 is 0. The molecule has 0 bridgehead atoms. The van der Waals surface area contributed by atoms with Crippen LogP contribution in [-0.2, 0) is 0 Å². The number of nitrogens with one attached hydrogen (secondary N) is 2. The predicted octanol–water partition coefficient (Wildman–Crippen LogP) is 2.21. The summed E-state index contributed by atoms with van der Waals surface area (Å²) in [7, 11) is 0. The van der Waals surface area contributed by atoms with Gasteiger partial charge in [0.1, 0.15) is 0 Å². The van der Waals surface area contributed by atoms with Crippen LogP contribution in [0.25, 0.3) is 0 Å². The molecule has 0 amide bonds. The number of hydrogen-bond acceptors (Lipinski definition) is 2. The lowest BCUT2D eigenvalue weighted by Gasteiger charge is -2.24. The lowest BCUT2D eigenvalue weighted by Crippen LogP contribution is -2.47. The van der Waals surface area contributed by atoms with E-state index in [1.54, 1.807) is 0 Å². The van der Waals surface area contributed by atoms with E-state index in [0.717, 1.165) is 37.6 Å². The van der Waals surface area contributed by atoms with Gasteiger partial charge in [0.2, 0.25) is 0 Å². The van der Waals surface area contributed by atoms with Gasteiger partial charge in [-0.3, -0.25) is 9.89 Å². The molecule has 0 radical (unpaired) electrons. The van der Waals surface area contributed by atoms with Gasteiger partial charge in [0, 0.05) is 31.2 Å². The number of nitrogens with zero attached hydrogens (tertiary/aromatic N) is 2. The van der Waals surface area contributed by atoms with Crippen molar-refractivity contribution in [1.29, 1.82) is 0 Å². The molecule has 4 heteroatoms. The first-order valence-corrected chi connectivity index (χ1v) is 8.28. The molecule has 2 N–H and O–H groups in total. The van der Waals surface area contributed by atoms with E-state index in [1.807, 2.05) is 0 Å². The molecule has 0 aromatic rings. The molecule has 0 atom stereocenters. The van der Waals surface area contributed by atoms with Gasteiger partial charge in [-0.05, 0) is 59.3 Å². The SMILES string of the molecule is CCNC(=NCCN(CC1CC1)C1CC1)NC(C)(C)C. The third-order valence-electron chi connectivity index (χ3n) is 3.75. The van der Waals surface area contributed by atoms with Crippen molar-refractivity contribution in [1.82, 2.24) is 15.5 Å². The topological polar surface area (TPSA) is 39.7 Å². The molecule has 0 heterocycles. The van der Waals surface area contributed by atoms with E-state index in [-0.39, 0.29) is 5.54 Å². The second kappa shape index (κ2) is 6.79. The van der Waals surface area contributed by atoms with Gasteiger partial charge >= 0.3 is 0 Å². The summed E-state index contributed by atoms with van der Waals surface area (Å²) in [6, 6.07) is 0.865. The maximum Gasteiger partial charge on any atom is 0.191 e. The molecule has 2 saturated carbocycles. The predicted molar refractivity (Wildman–Crippen MR) is 86.2 cm³/mol. The van der Waals surface area contributed by atoms with E-state index in [0.29, 0.717) is 0 Å². The summed E-state index contributed by atoms with van der Waals surface area (Å²) in [6.45, 7) is 12.9. The fourth-order valence-corrected chi connectivity index (χ4v) is 2.45. The third-order valence-corrected chi connectivity index (χ3v) is 3.75. The van der Waals surface area contributed by atoms with Crippen LogP contribution >= 0.6 is 0 Å². The Hall–Kier alpha value is -0.770. The van der Waals surface area contributed by atoms with Gasteiger partial charge < -0.3 is 10.6 Å². The van der Waals surface area contributed by atoms with Gasteiger partial charge in [-0.15, -0.1) is 0 Å². The molecule has 0 aromatic heterocycles. The molecule has 2 fully saturated rings. The highest BCUT2D eigenvalue weighted by molar-refractivity contribution is 5.80. The smallest absolute Gasteiger partial charge is 0.191 e. The largest absolute Gasteiger partial charge is 0.357 e. The summed E-state index contributed by atoms with van der Waals surface area (Å²) in [6.07, 6.45) is 5.69. The van der Waals surface area contributed by atoms with Gasteiger partial charge in [-0.2, -0.15) is 0 Å². The molecule has 0 aromatic carbocycles. The Labute approximate surface area is 124 Å². The molecule has 116 valence electrons. The maximum atomic E-state index is 4.73. The van der Waals surface area contributed by atoms with Crippen molar-refractivity contribution >= 4 is 5.96 Å². The van der Waals surface area contributed by atoms with E-state index < -0.39 is 0 Å². The van der Waals surface area contributed by atoms with Crippen LogP contribution in [0.2, 0.25) is 0 Å². The molecule has 2 rings (SSSR count). The van der Waals surface area contributed by atoms with E-state index in [9.17, 15) is 0 Å². The first-order chi connectivity index (χ1) is 9.48. The Morgan fingerprint density at radius 3 is 2.40 bits per heavy atom. The minimum absolute atomic E-state index is 0.0607. The van der Waals surface area contributed by atoms with Crippen LogP contribution in [0.3, 0.4) is 0 Å². The average Bonchev–Trinajstić information content (AvgIpc) is 3.20. The first-order valence-electron chi connectivity index (χ1n) is 8.28. The molecular formula is C16H32N4. The van der Waals surface area contributed by atoms with Crippen molar-refractivity contribution in [3.8, 4) is 0 Å². The highest BCUT2D eigenvalue weighted by Crippen LogP contribution is 2.34. The summed E-state index contributed by atoms with van der Waals surface area (Å²) in [5.74, 6) is 1.93. The third kappa shape index (κ3) is 6.12. The zero-order chi connectivity index (χ0) is 14.6. The Bertz CT molecular complexity index is 324. The maximum absolute atomic E-state index is 4.73. The molecule has 4 nitrogen and oxygen atoms in total. The molecule has 0 saturated heterocycles. The van der Waals surface area contributed by atoms with Crippen molar-refractivity contribution in [3.63, 3.8) is 0 Å². The Balaban J connectivity index is 1.77. The highest BCUT2D eigenvalue weighted by atomic mass is 15.2. The van der Waals surface area contributed by atoms with Crippen molar-refractivity contribution < 1.29 is 0 Å². The van der Waals surface area contributed by atoms with E-state index in [2.05, 4.69) is 43.2 Å². The van der Waals surface area contributed by atoms with Crippen molar-refractivity contribution in [3.05, 3.63) is 0 Å². The summed E-state index contributed by atoms with van der Waals surface area (Å²) in [5, 5.41) is 6.78. The van der Waals surface area contributed by atoms with Crippen LogP contribution in [0.15, 0.2) is 4.99 Å². The number of aliphatic imine (C=N–C) groups is 1. The van der Waals surface area contributed by atoms with Crippen LogP contribution in [0, 0.1) is 5.92 Å². The molecule has 0 aliphatic heterocycles. The van der Waals surface area contributed by atoms with E-state index >= 15 is 0 Å². The normalized spacial score (nSPS) is 20.4. The van der Waals surface area contributed by atoms with Crippen LogP contribution in [0.1, 0.15) is 53.4 Å². The number of rotatable bonds is 7. The number of hydrogen-bond donors (Lipinski definition) is 2. The molecular weight excluding hydrogens is 248 g/mol. The van der Waals surface area contributed by atoms with Crippen LogP contribution in [0.4, 0.5) is 0 Å². The highest BCUT2D eigenvalue weighted by Gasteiger charge is 2.33. The van der Waals surface area contributed by atoms with Crippen molar-refractivity contribution in [2.45, 2.75) is 65.0 Å². The fraction of sp³-hybridized carbons (Fsp3) is 0.938. The van der Waals surface area contributed by atoms with Crippen LogP contribution in [-0.4, -0.2) is 48.6 Å². The lowest BCUT2D eigenvalue weighted by atomic mass is 10.1. The number of guanidine groups is 1. The zero-order valence-electron chi connectivity index (χ0n) is 13.7. The van der Waals surface area contributed by atoms with Gasteiger partial charge in [0.25, 0.3) is 0 Å². The van der Waals surface area contributed by atoms with Crippen molar-refractivity contribution in [2.24, 2.45) is 10.9 Å². The fourth-order valence-electron chi connectivity index (χ4n) is 2.45. The second-order valence-electron chi connectivity index (χ2n) is 7.31. The van der Waals surface area contributed by atoms with Gasteiger partial charge in [0.05, 0.1) is 6.54 Å². The molecule has 2 aliphatic rings. The van der Waals surface area contributed by atoms with Gasteiger partial charge in [-0.1, -0.05) is 0 Å². The lowest BCUT2D eigenvalue weighted by molar-refractivity contribution is 0.260. The van der Waals surface area contributed by atoms with E-state index in [4.69, 9.17) is 4.99 Å². The van der Waals surface area contributed by atoms with Crippen LogP contribution in [0.5, 0.6) is 0 Å². The molecule has 20 heavy (non-hydrogen) atoms. The molecule has 0 unspecified atom stereocenters. The molecule has 2 aliphatic carbocycles. The molecule has 0 spiro atoms.